The molecule has 12 N–H and O–H groups in total. The molecule has 0 rings (SSSR count). The minimum absolute atomic E-state index is 0.0869. The van der Waals surface area contributed by atoms with Crippen molar-refractivity contribution in [3.05, 3.63) is 0 Å². The molecule has 0 aromatic rings. The molecule has 0 unspecified atom stereocenters. The Morgan fingerprint density at radius 3 is 0.700 bits per heavy atom. The predicted octanol–water partition coefficient (Wildman–Crippen LogP) is -8.22. The van der Waals surface area contributed by atoms with Gasteiger partial charge in [0.25, 0.3) is 0 Å². The fourth-order valence-corrected chi connectivity index (χ4v) is 1.25. The van der Waals surface area contributed by atoms with E-state index in [2.05, 4.69) is 0 Å². The van der Waals surface area contributed by atoms with Crippen LogP contribution < -0.4 is 0 Å². The first-order chi connectivity index (χ1) is 13.9. The van der Waals surface area contributed by atoms with Gasteiger partial charge in [-0.1, -0.05) is 0 Å². The number of hydrogen-bond donors (Lipinski definition) is 12. The average molecular weight is 450 g/mol. The summed E-state index contributed by atoms with van der Waals surface area (Å²) in [6.45, 7) is -2.07. The van der Waals surface area contributed by atoms with Crippen LogP contribution in [0.3, 0.4) is 0 Å². The lowest BCUT2D eigenvalue weighted by molar-refractivity contribution is -0.128. The van der Waals surface area contributed by atoms with Gasteiger partial charge in [-0.3, -0.25) is 0 Å². The van der Waals surface area contributed by atoms with Crippen molar-refractivity contribution < 1.29 is 75.7 Å². The molecule has 0 spiro atoms. The largest absolute Gasteiger partial charge is 0.394 e. The van der Waals surface area contributed by atoms with E-state index in [0.29, 0.717) is 0 Å². The van der Waals surface area contributed by atoms with Gasteiger partial charge < -0.3 is 75.7 Å². The van der Waals surface area contributed by atoms with E-state index < -0.39 is 74.8 Å². The molecule has 15 heteroatoms. The molecule has 0 fully saturated rings. The number of rotatable bonds is 12. The van der Waals surface area contributed by atoms with Gasteiger partial charge in [0, 0.05) is 0 Å². The summed E-state index contributed by atoms with van der Waals surface area (Å²) < 4.78 is 0. The van der Waals surface area contributed by atoms with Crippen LogP contribution in [0.25, 0.3) is 0 Å². The Hall–Kier alpha value is -1.47. The topological polar surface area (TPSA) is 294 Å². The van der Waals surface area contributed by atoms with Crippen molar-refractivity contribution in [2.45, 2.75) is 54.9 Å². The van der Waals surface area contributed by atoms with E-state index in [1.165, 1.54) is 0 Å². The maximum atomic E-state index is 9.76. The molecule has 0 saturated carbocycles. The van der Waals surface area contributed by atoms with Crippen molar-refractivity contribution >= 4 is 18.9 Å². The van der Waals surface area contributed by atoms with Crippen LogP contribution in [0.15, 0.2) is 0 Å². The third-order valence-electron chi connectivity index (χ3n) is 3.21. The molecule has 0 heterocycles. The molecule has 0 bridgehead atoms. The second-order valence-electron chi connectivity index (χ2n) is 5.60. The molecule has 180 valence electrons. The number of carbonyl (C=O) groups is 3. The predicted molar refractivity (Wildman–Crippen MR) is 93.5 cm³/mol. The Labute approximate surface area is 170 Å². The lowest BCUT2D eigenvalue weighted by Gasteiger charge is -2.16. The zero-order valence-corrected chi connectivity index (χ0v) is 15.6. The zero-order chi connectivity index (χ0) is 24.4. The first-order valence-electron chi connectivity index (χ1n) is 8.20. The van der Waals surface area contributed by atoms with Gasteiger partial charge in [0.1, 0.15) is 54.9 Å². The molecule has 9 atom stereocenters. The lowest BCUT2D eigenvalue weighted by atomic mass is 10.1. The first kappa shape index (κ1) is 33.2. The van der Waals surface area contributed by atoms with Gasteiger partial charge in [0.2, 0.25) is 0 Å². The van der Waals surface area contributed by atoms with Crippen molar-refractivity contribution in [3.8, 4) is 0 Å². The molecule has 0 amide bonds. The molecule has 0 aliphatic heterocycles. The Kier molecular flexibility index (Phi) is 21.6. The van der Waals surface area contributed by atoms with Gasteiger partial charge in [0.15, 0.2) is 18.9 Å². The van der Waals surface area contributed by atoms with Crippen molar-refractivity contribution in [3.63, 3.8) is 0 Å². The van der Waals surface area contributed by atoms with Crippen LogP contribution in [0.2, 0.25) is 0 Å². The normalized spacial score (nSPS) is 19.6. The summed E-state index contributed by atoms with van der Waals surface area (Å²) in [4.78, 5) is 29.3. The van der Waals surface area contributed by atoms with E-state index in [9.17, 15) is 14.4 Å². The van der Waals surface area contributed by atoms with Crippen molar-refractivity contribution in [2.24, 2.45) is 0 Å². The van der Waals surface area contributed by atoms with E-state index >= 15 is 0 Å². The van der Waals surface area contributed by atoms with Crippen LogP contribution in [0, 0.1) is 0 Å². The van der Waals surface area contributed by atoms with Gasteiger partial charge in [-0.15, -0.1) is 0 Å². The van der Waals surface area contributed by atoms with Crippen LogP contribution in [-0.2, 0) is 14.4 Å². The number of aliphatic hydroxyl groups is 12. The third-order valence-corrected chi connectivity index (χ3v) is 3.21. The van der Waals surface area contributed by atoms with Crippen molar-refractivity contribution in [1.82, 2.24) is 0 Å². The fraction of sp³-hybridized carbons (Fsp3) is 0.800. The molecule has 0 aromatic carbocycles. The summed E-state index contributed by atoms with van der Waals surface area (Å²) in [6.07, 6.45) is -13.9. The molecule has 0 saturated heterocycles. The highest BCUT2D eigenvalue weighted by Gasteiger charge is 2.24. The Morgan fingerprint density at radius 2 is 0.600 bits per heavy atom. The van der Waals surface area contributed by atoms with Gasteiger partial charge in [0.05, 0.1) is 19.8 Å². The Morgan fingerprint density at radius 1 is 0.433 bits per heavy atom. The lowest BCUT2D eigenvalue weighted by Crippen LogP contribution is -2.40. The van der Waals surface area contributed by atoms with Crippen LogP contribution in [0.5, 0.6) is 0 Å². The van der Waals surface area contributed by atoms with E-state index in [1.807, 2.05) is 0 Å². The van der Waals surface area contributed by atoms with Crippen molar-refractivity contribution in [2.75, 3.05) is 19.8 Å². The third kappa shape index (κ3) is 14.5. The molecule has 15 nitrogen and oxygen atoms in total. The SMILES string of the molecule is O=C[C@H](O)[C@@H](O)[C@@H](O)CO.O=C[C@H](O)[C@@H](O)[C@H](O)CO.O=C[C@H](O)[C@H](O)[C@H](O)CO. The summed E-state index contributed by atoms with van der Waals surface area (Å²) >= 11 is 0. The van der Waals surface area contributed by atoms with E-state index in [4.69, 9.17) is 61.3 Å². The highest BCUT2D eigenvalue weighted by atomic mass is 16.4. The smallest absolute Gasteiger partial charge is 0.151 e. The molecular weight excluding hydrogens is 420 g/mol. The maximum absolute atomic E-state index is 9.76. The summed E-state index contributed by atoms with van der Waals surface area (Å²) in [6, 6.07) is 0. The number of aldehydes is 3. The molecule has 0 aliphatic carbocycles. The maximum Gasteiger partial charge on any atom is 0.151 e. The van der Waals surface area contributed by atoms with E-state index in [0.717, 1.165) is 0 Å². The number of carbonyl (C=O) groups excluding carboxylic acids is 3. The van der Waals surface area contributed by atoms with Gasteiger partial charge in [-0.05, 0) is 0 Å². The van der Waals surface area contributed by atoms with Gasteiger partial charge >= 0.3 is 0 Å². The second kappa shape index (κ2) is 19.5. The van der Waals surface area contributed by atoms with Crippen LogP contribution in [0.1, 0.15) is 0 Å². The van der Waals surface area contributed by atoms with Crippen LogP contribution in [-0.4, -0.2) is 155 Å². The second-order valence-corrected chi connectivity index (χ2v) is 5.60. The molecule has 0 aromatic heterocycles. The average Bonchev–Trinajstić information content (AvgIpc) is 2.79. The summed E-state index contributed by atoms with van der Waals surface area (Å²) in [5, 5.41) is 102. The van der Waals surface area contributed by atoms with E-state index in [1.54, 1.807) is 0 Å². The summed E-state index contributed by atoms with van der Waals surface area (Å²) in [7, 11) is 0. The standard InChI is InChI=1S/3C5H10O5/c3*6-1-3(8)5(10)4(9)2-7/h3*1,3-5,7-10H,2H2/t3-,4+,5+;3-,4+,5-;3-,4-,5+/m000/s1. The highest BCUT2D eigenvalue weighted by molar-refractivity contribution is 5.57. The first-order valence-corrected chi connectivity index (χ1v) is 8.20. The zero-order valence-electron chi connectivity index (χ0n) is 15.6. The van der Waals surface area contributed by atoms with Gasteiger partial charge in [-0.2, -0.15) is 0 Å². The van der Waals surface area contributed by atoms with Crippen LogP contribution in [0.4, 0.5) is 0 Å². The number of hydrogen-bond acceptors (Lipinski definition) is 15. The molecule has 30 heavy (non-hydrogen) atoms. The van der Waals surface area contributed by atoms with Crippen LogP contribution >= 0.6 is 0 Å². The van der Waals surface area contributed by atoms with Gasteiger partial charge in [-0.25, -0.2) is 0 Å². The highest BCUT2D eigenvalue weighted by Crippen LogP contribution is 1.97. The Bertz CT molecular complexity index is 374. The quantitative estimate of drug-likeness (QED) is 0.123. The van der Waals surface area contributed by atoms with E-state index in [-0.39, 0.29) is 18.9 Å². The fourth-order valence-electron chi connectivity index (χ4n) is 1.25. The summed E-state index contributed by atoms with van der Waals surface area (Å²) in [5.74, 6) is 0. The summed E-state index contributed by atoms with van der Waals surface area (Å²) in [5.41, 5.74) is 0. The molecule has 0 aliphatic rings. The number of aliphatic hydroxyl groups excluding tert-OH is 12. The van der Waals surface area contributed by atoms with Crippen molar-refractivity contribution in [1.29, 1.82) is 0 Å². The minimum atomic E-state index is -1.64. The Balaban J connectivity index is -0.000000364. The monoisotopic (exact) mass is 450 g/mol. The molecule has 0 radical (unpaired) electrons. The minimum Gasteiger partial charge on any atom is -0.394 e. The molecular formula is C15H30O15.